The summed E-state index contributed by atoms with van der Waals surface area (Å²) in [7, 11) is 0. The molecular weight excluding hydrogens is 416 g/mol. The Bertz CT molecular complexity index is 1040. The number of imidazole rings is 1. The number of carbonyl (C=O) groups excluding carboxylic acids is 1. The minimum atomic E-state index is -0.718. The Hall–Kier alpha value is -3.50. The highest BCUT2D eigenvalue weighted by Crippen LogP contribution is 2.20. The number of nitrogens with one attached hydrogen (secondary N) is 2. The van der Waals surface area contributed by atoms with Crippen molar-refractivity contribution in [3.63, 3.8) is 0 Å². The number of allylic oxidation sites excluding steroid dienone is 2. The van der Waals surface area contributed by atoms with Crippen LogP contribution in [0.4, 0.5) is 4.79 Å². The zero-order valence-corrected chi connectivity index (χ0v) is 17.5. The average molecular weight is 442 g/mol. The summed E-state index contributed by atoms with van der Waals surface area (Å²) in [6.07, 6.45) is 6.11. The van der Waals surface area contributed by atoms with E-state index in [1.165, 1.54) is 4.90 Å². The van der Waals surface area contributed by atoms with Crippen molar-refractivity contribution in [1.82, 2.24) is 19.9 Å². The van der Waals surface area contributed by atoms with Gasteiger partial charge in [0.15, 0.2) is 0 Å². The Balaban J connectivity index is 1.25. The van der Waals surface area contributed by atoms with Crippen molar-refractivity contribution in [2.45, 2.75) is 13.0 Å². The predicted octanol–water partition coefficient (Wildman–Crippen LogP) is 1.39. The molecule has 1 amide bonds. The zero-order valence-electron chi connectivity index (χ0n) is 17.5. The number of aromatic amines is 1. The van der Waals surface area contributed by atoms with Gasteiger partial charge < -0.3 is 34.6 Å². The molecule has 0 bridgehead atoms. The highest BCUT2D eigenvalue weighted by molar-refractivity contribution is 5.68. The Morgan fingerprint density at radius 3 is 2.75 bits per heavy atom. The maximum Gasteiger partial charge on any atom is 0.435 e. The maximum absolute atomic E-state index is 12.2. The van der Waals surface area contributed by atoms with Gasteiger partial charge in [0.25, 0.3) is 5.88 Å². The monoisotopic (exact) mass is 442 g/mol. The molecule has 2 aromatic rings. The molecule has 2 heterocycles. The number of aromatic hydroxyl groups is 1. The lowest BCUT2D eigenvalue weighted by molar-refractivity contribution is 0.0206. The van der Waals surface area contributed by atoms with Gasteiger partial charge >= 0.3 is 11.8 Å². The Morgan fingerprint density at radius 2 is 2.03 bits per heavy atom. The van der Waals surface area contributed by atoms with Crippen molar-refractivity contribution in [1.29, 1.82) is 0 Å². The van der Waals surface area contributed by atoms with Crippen molar-refractivity contribution >= 4 is 6.09 Å². The molecule has 10 nitrogen and oxygen atoms in total. The van der Waals surface area contributed by atoms with E-state index < -0.39 is 17.7 Å². The van der Waals surface area contributed by atoms with Crippen LogP contribution in [0.5, 0.6) is 11.6 Å². The normalized spacial score (nSPS) is 18.3. The van der Waals surface area contributed by atoms with Crippen LogP contribution in [-0.2, 0) is 11.3 Å². The van der Waals surface area contributed by atoms with Gasteiger partial charge in [-0.25, -0.2) is 9.59 Å². The predicted molar refractivity (Wildman–Crippen MR) is 115 cm³/mol. The number of hydrogen-bond donors (Lipinski definition) is 3. The fourth-order valence-electron chi connectivity index (χ4n) is 3.42. The number of benzene rings is 1. The highest BCUT2D eigenvalue weighted by Gasteiger charge is 2.23. The lowest BCUT2D eigenvalue weighted by Gasteiger charge is -2.25. The smallest absolute Gasteiger partial charge is 0.435 e. The van der Waals surface area contributed by atoms with Crippen molar-refractivity contribution < 1.29 is 24.2 Å². The summed E-state index contributed by atoms with van der Waals surface area (Å²) < 4.78 is 11.6. The second-order valence-corrected chi connectivity index (χ2v) is 7.49. The molecule has 0 radical (unpaired) electrons. The van der Waals surface area contributed by atoms with Crippen molar-refractivity contribution in [2.75, 3.05) is 32.8 Å². The van der Waals surface area contributed by atoms with Crippen LogP contribution in [0.15, 0.2) is 59.1 Å². The number of amides is 1. The van der Waals surface area contributed by atoms with Crippen LogP contribution in [0.1, 0.15) is 12.1 Å². The molecule has 4 rings (SSSR count). The van der Waals surface area contributed by atoms with Crippen molar-refractivity contribution in [2.24, 2.45) is 5.92 Å². The molecule has 32 heavy (non-hydrogen) atoms. The van der Waals surface area contributed by atoms with E-state index in [9.17, 15) is 14.7 Å². The first-order chi connectivity index (χ1) is 15.6. The van der Waals surface area contributed by atoms with E-state index in [1.54, 1.807) is 0 Å². The topological polar surface area (TPSA) is 118 Å². The first kappa shape index (κ1) is 21.7. The Morgan fingerprint density at radius 1 is 1.25 bits per heavy atom. The zero-order chi connectivity index (χ0) is 22.3. The second-order valence-electron chi connectivity index (χ2n) is 7.49. The summed E-state index contributed by atoms with van der Waals surface area (Å²) in [5.74, 6) is 1.40. The van der Waals surface area contributed by atoms with E-state index in [0.717, 1.165) is 17.9 Å². The SMILES string of the molecule is O=C(On1c(O)c(CNCC2C=CC(Oc3ccccc3)=CC2)[nH]c1=O)N1CCOCC1. The Kier molecular flexibility index (Phi) is 6.93. The number of carbonyl (C=O) groups is 1. The van der Waals surface area contributed by atoms with E-state index in [4.69, 9.17) is 14.3 Å². The minimum Gasteiger partial charge on any atom is -0.491 e. The van der Waals surface area contributed by atoms with Crippen LogP contribution in [0.2, 0.25) is 0 Å². The number of nitrogens with zero attached hydrogens (tertiary/aromatic N) is 2. The van der Waals surface area contributed by atoms with Gasteiger partial charge in [-0.1, -0.05) is 29.0 Å². The fourth-order valence-corrected chi connectivity index (χ4v) is 3.42. The number of hydrogen-bond acceptors (Lipinski definition) is 7. The number of para-hydroxylation sites is 1. The summed E-state index contributed by atoms with van der Waals surface area (Å²) in [6, 6.07) is 9.59. The third-order valence-electron chi connectivity index (χ3n) is 5.18. The van der Waals surface area contributed by atoms with E-state index >= 15 is 0 Å². The molecule has 1 aliphatic heterocycles. The van der Waals surface area contributed by atoms with Crippen LogP contribution in [0, 0.1) is 5.92 Å². The summed E-state index contributed by atoms with van der Waals surface area (Å²) in [5.41, 5.74) is -0.475. The lowest BCUT2D eigenvalue weighted by Crippen LogP contribution is -2.45. The largest absolute Gasteiger partial charge is 0.491 e. The molecule has 3 N–H and O–H groups in total. The molecule has 2 aliphatic rings. The van der Waals surface area contributed by atoms with Crippen LogP contribution in [0.3, 0.4) is 0 Å². The Labute approximate surface area is 184 Å². The molecule has 1 atom stereocenters. The van der Waals surface area contributed by atoms with Gasteiger partial charge in [0.05, 0.1) is 18.9 Å². The molecule has 1 fully saturated rings. The average Bonchev–Trinajstić information content (AvgIpc) is 3.09. The molecule has 1 aromatic carbocycles. The van der Waals surface area contributed by atoms with Crippen LogP contribution < -0.4 is 20.6 Å². The molecular formula is C22H26N4O6. The lowest BCUT2D eigenvalue weighted by atomic mass is 10.00. The molecule has 170 valence electrons. The number of aromatic nitrogens is 2. The number of ether oxygens (including phenoxy) is 2. The van der Waals surface area contributed by atoms with Gasteiger partial charge in [-0.05, 0) is 36.6 Å². The second kappa shape index (κ2) is 10.2. The number of morpholine rings is 1. The molecule has 1 aromatic heterocycles. The van der Waals surface area contributed by atoms with Crippen LogP contribution >= 0.6 is 0 Å². The molecule has 1 aliphatic carbocycles. The molecule has 0 saturated carbocycles. The standard InChI is InChI=1S/C22H26N4O6/c27-20-19(24-21(28)26(20)32-22(29)25-10-12-30-13-11-25)15-23-14-16-6-8-18(9-7-16)31-17-4-2-1-3-5-17/h1-6,8-9,16,23,27H,7,10-15H2,(H,24,28). The molecule has 1 saturated heterocycles. The summed E-state index contributed by atoms with van der Waals surface area (Å²) >= 11 is 0. The van der Waals surface area contributed by atoms with Gasteiger partial charge in [-0.3, -0.25) is 0 Å². The van der Waals surface area contributed by atoms with Crippen LogP contribution in [-0.4, -0.2) is 58.7 Å². The third kappa shape index (κ3) is 5.40. The maximum atomic E-state index is 12.2. The van der Waals surface area contributed by atoms with Gasteiger partial charge in [0, 0.05) is 26.2 Å². The van der Waals surface area contributed by atoms with Gasteiger partial charge in [0.1, 0.15) is 11.5 Å². The molecule has 1 unspecified atom stereocenters. The molecule has 10 heteroatoms. The van der Waals surface area contributed by atoms with E-state index in [2.05, 4.69) is 16.4 Å². The summed E-state index contributed by atoms with van der Waals surface area (Å²) in [5, 5.41) is 13.5. The van der Waals surface area contributed by atoms with E-state index in [1.807, 2.05) is 42.5 Å². The third-order valence-corrected chi connectivity index (χ3v) is 5.18. The quantitative estimate of drug-likeness (QED) is 0.593. The fraction of sp³-hybridized carbons (Fsp3) is 0.364. The summed E-state index contributed by atoms with van der Waals surface area (Å²) in [6.45, 7) is 2.39. The summed E-state index contributed by atoms with van der Waals surface area (Å²) in [4.78, 5) is 33.2. The van der Waals surface area contributed by atoms with Crippen molar-refractivity contribution in [3.05, 3.63) is 70.5 Å². The first-order valence-corrected chi connectivity index (χ1v) is 10.5. The van der Waals surface area contributed by atoms with Crippen LogP contribution in [0.25, 0.3) is 0 Å². The first-order valence-electron chi connectivity index (χ1n) is 10.5. The van der Waals surface area contributed by atoms with Gasteiger partial charge in [0.2, 0.25) is 0 Å². The minimum absolute atomic E-state index is 0.213. The number of H-pyrrole nitrogens is 1. The molecule has 0 spiro atoms. The van der Waals surface area contributed by atoms with Gasteiger partial charge in [-0.15, -0.1) is 0 Å². The van der Waals surface area contributed by atoms with Crippen molar-refractivity contribution in [3.8, 4) is 11.6 Å². The van der Waals surface area contributed by atoms with E-state index in [0.29, 0.717) is 37.6 Å². The highest BCUT2D eigenvalue weighted by atomic mass is 16.7. The number of rotatable bonds is 7. The van der Waals surface area contributed by atoms with E-state index in [-0.39, 0.29) is 18.2 Å². The van der Waals surface area contributed by atoms with Gasteiger partial charge in [-0.2, -0.15) is 0 Å².